The maximum absolute atomic E-state index is 5.56. The highest BCUT2D eigenvalue weighted by atomic mass is 35.5. The SMILES string of the molecule is C=C(CCl)COC(C)CC(C)C. The summed E-state index contributed by atoms with van der Waals surface area (Å²) < 4.78 is 5.52. The Kier molecular flexibility index (Phi) is 6.49. The van der Waals surface area contributed by atoms with Crippen LogP contribution >= 0.6 is 11.6 Å². The number of alkyl halides is 1. The first-order valence-corrected chi connectivity index (χ1v) is 4.94. The van der Waals surface area contributed by atoms with Crippen LogP contribution in [0.4, 0.5) is 0 Å². The summed E-state index contributed by atoms with van der Waals surface area (Å²) in [7, 11) is 0. The molecule has 1 nitrogen and oxygen atoms in total. The van der Waals surface area contributed by atoms with E-state index in [0.717, 1.165) is 12.0 Å². The highest BCUT2D eigenvalue weighted by molar-refractivity contribution is 6.19. The molecule has 1 atom stereocenters. The number of hydrogen-bond donors (Lipinski definition) is 0. The van der Waals surface area contributed by atoms with Crippen LogP contribution in [-0.4, -0.2) is 18.6 Å². The minimum atomic E-state index is 0.310. The molecule has 2 heteroatoms. The summed E-state index contributed by atoms with van der Waals surface area (Å²) in [5, 5.41) is 0. The van der Waals surface area contributed by atoms with Crippen LogP contribution in [0.25, 0.3) is 0 Å². The predicted molar refractivity (Wildman–Crippen MR) is 54.7 cm³/mol. The number of hydrogen-bond acceptors (Lipinski definition) is 1. The number of halogens is 1. The molecule has 0 spiro atoms. The maximum atomic E-state index is 5.56. The highest BCUT2D eigenvalue weighted by Crippen LogP contribution is 2.08. The molecule has 0 saturated carbocycles. The molecule has 0 heterocycles. The molecule has 0 aromatic carbocycles. The largest absolute Gasteiger partial charge is 0.374 e. The molecule has 0 rings (SSSR count). The first kappa shape index (κ1) is 12.0. The molecule has 0 N–H and O–H groups in total. The monoisotopic (exact) mass is 190 g/mol. The molecule has 0 aromatic heterocycles. The molecule has 0 bridgehead atoms. The molecule has 0 aliphatic carbocycles. The Morgan fingerprint density at radius 2 is 2.00 bits per heavy atom. The fourth-order valence-corrected chi connectivity index (χ4v) is 1.11. The van der Waals surface area contributed by atoms with Crippen LogP contribution in [0.3, 0.4) is 0 Å². The molecule has 0 aliphatic rings. The molecular weight excluding hydrogens is 172 g/mol. The van der Waals surface area contributed by atoms with E-state index in [4.69, 9.17) is 16.3 Å². The van der Waals surface area contributed by atoms with Crippen molar-refractivity contribution < 1.29 is 4.74 Å². The first-order chi connectivity index (χ1) is 5.56. The van der Waals surface area contributed by atoms with Crippen molar-refractivity contribution in [1.29, 1.82) is 0 Å². The van der Waals surface area contributed by atoms with Gasteiger partial charge in [-0.05, 0) is 24.8 Å². The van der Waals surface area contributed by atoms with Gasteiger partial charge in [0.2, 0.25) is 0 Å². The lowest BCUT2D eigenvalue weighted by Crippen LogP contribution is -2.13. The average Bonchev–Trinajstić information content (AvgIpc) is 1.99. The van der Waals surface area contributed by atoms with E-state index < -0.39 is 0 Å². The lowest BCUT2D eigenvalue weighted by Gasteiger charge is -2.15. The summed E-state index contributed by atoms with van der Waals surface area (Å²) in [5.74, 6) is 1.18. The minimum Gasteiger partial charge on any atom is -0.374 e. The summed E-state index contributed by atoms with van der Waals surface area (Å²) in [6.07, 6.45) is 1.40. The van der Waals surface area contributed by atoms with Crippen molar-refractivity contribution in [3.63, 3.8) is 0 Å². The summed E-state index contributed by atoms with van der Waals surface area (Å²) >= 11 is 5.56. The second-order valence-corrected chi connectivity index (χ2v) is 3.90. The third-order valence-corrected chi connectivity index (χ3v) is 1.94. The lowest BCUT2D eigenvalue weighted by molar-refractivity contribution is 0.0683. The predicted octanol–water partition coefficient (Wildman–Crippen LogP) is 3.23. The Bertz CT molecular complexity index is 132. The van der Waals surface area contributed by atoms with Gasteiger partial charge in [0.15, 0.2) is 0 Å². The van der Waals surface area contributed by atoms with Gasteiger partial charge >= 0.3 is 0 Å². The standard InChI is InChI=1S/C10H19ClO/c1-8(2)5-10(4)12-7-9(3)6-11/h8,10H,3,5-7H2,1-2,4H3. The Hall–Kier alpha value is -0.0100. The minimum absolute atomic E-state index is 0.310. The first-order valence-electron chi connectivity index (χ1n) is 4.40. The third kappa shape index (κ3) is 6.68. The molecule has 72 valence electrons. The van der Waals surface area contributed by atoms with E-state index >= 15 is 0 Å². The van der Waals surface area contributed by atoms with E-state index in [9.17, 15) is 0 Å². The van der Waals surface area contributed by atoms with Crippen molar-refractivity contribution in [2.45, 2.75) is 33.3 Å². The zero-order valence-corrected chi connectivity index (χ0v) is 9.03. The van der Waals surface area contributed by atoms with Gasteiger partial charge in [-0.15, -0.1) is 11.6 Å². The second kappa shape index (κ2) is 6.50. The Morgan fingerprint density at radius 1 is 1.42 bits per heavy atom. The molecule has 0 aliphatic heterocycles. The molecule has 0 amide bonds. The van der Waals surface area contributed by atoms with Crippen molar-refractivity contribution in [2.75, 3.05) is 12.5 Å². The smallest absolute Gasteiger partial charge is 0.0689 e. The quantitative estimate of drug-likeness (QED) is 0.462. The zero-order chi connectivity index (χ0) is 9.56. The van der Waals surface area contributed by atoms with Crippen LogP contribution in [0.5, 0.6) is 0 Å². The van der Waals surface area contributed by atoms with Gasteiger partial charge in [-0.3, -0.25) is 0 Å². The summed E-state index contributed by atoms with van der Waals surface area (Å²) in [5.41, 5.74) is 0.951. The van der Waals surface area contributed by atoms with Gasteiger partial charge in [0.05, 0.1) is 12.7 Å². The van der Waals surface area contributed by atoms with E-state index in [1.165, 1.54) is 0 Å². The van der Waals surface area contributed by atoms with Crippen molar-refractivity contribution in [1.82, 2.24) is 0 Å². The molecule has 12 heavy (non-hydrogen) atoms. The lowest BCUT2D eigenvalue weighted by atomic mass is 10.1. The van der Waals surface area contributed by atoms with Gasteiger partial charge < -0.3 is 4.74 Å². The fraction of sp³-hybridized carbons (Fsp3) is 0.800. The van der Waals surface area contributed by atoms with E-state index in [1.54, 1.807) is 0 Å². The van der Waals surface area contributed by atoms with Crippen LogP contribution < -0.4 is 0 Å². The van der Waals surface area contributed by atoms with Gasteiger partial charge in [0.25, 0.3) is 0 Å². The van der Waals surface area contributed by atoms with Crippen LogP contribution in [0.15, 0.2) is 12.2 Å². The van der Waals surface area contributed by atoms with Crippen molar-refractivity contribution >= 4 is 11.6 Å². The van der Waals surface area contributed by atoms with Crippen LogP contribution in [-0.2, 0) is 4.74 Å². The molecular formula is C10H19ClO. The van der Waals surface area contributed by atoms with Gasteiger partial charge in [0.1, 0.15) is 0 Å². The van der Waals surface area contributed by atoms with Crippen LogP contribution in [0.2, 0.25) is 0 Å². The summed E-state index contributed by atoms with van der Waals surface area (Å²) in [4.78, 5) is 0. The summed E-state index contributed by atoms with van der Waals surface area (Å²) in [6.45, 7) is 10.8. The maximum Gasteiger partial charge on any atom is 0.0689 e. The van der Waals surface area contributed by atoms with E-state index in [1.807, 2.05) is 0 Å². The van der Waals surface area contributed by atoms with Gasteiger partial charge in [-0.25, -0.2) is 0 Å². The average molecular weight is 191 g/mol. The number of rotatable bonds is 6. The number of ether oxygens (including phenoxy) is 1. The zero-order valence-electron chi connectivity index (χ0n) is 8.27. The van der Waals surface area contributed by atoms with Gasteiger partial charge in [0, 0.05) is 5.88 Å². The van der Waals surface area contributed by atoms with Crippen LogP contribution in [0.1, 0.15) is 27.2 Å². The van der Waals surface area contributed by atoms with E-state index in [2.05, 4.69) is 27.4 Å². The normalized spacial score (nSPS) is 13.4. The van der Waals surface area contributed by atoms with Crippen LogP contribution in [0, 0.1) is 5.92 Å². The Balaban J connectivity index is 3.43. The van der Waals surface area contributed by atoms with Gasteiger partial charge in [-0.2, -0.15) is 0 Å². The summed E-state index contributed by atoms with van der Waals surface area (Å²) in [6, 6.07) is 0. The fourth-order valence-electron chi connectivity index (χ4n) is 1.03. The Morgan fingerprint density at radius 3 is 2.42 bits per heavy atom. The van der Waals surface area contributed by atoms with Crippen molar-refractivity contribution in [2.24, 2.45) is 5.92 Å². The van der Waals surface area contributed by atoms with Gasteiger partial charge in [-0.1, -0.05) is 20.4 Å². The molecule has 0 saturated heterocycles. The second-order valence-electron chi connectivity index (χ2n) is 3.63. The Labute approximate surface area is 80.8 Å². The third-order valence-electron chi connectivity index (χ3n) is 1.56. The molecule has 0 fully saturated rings. The van der Waals surface area contributed by atoms with Crippen molar-refractivity contribution in [3.05, 3.63) is 12.2 Å². The topological polar surface area (TPSA) is 9.23 Å². The van der Waals surface area contributed by atoms with E-state index in [-0.39, 0.29) is 0 Å². The molecule has 0 radical (unpaired) electrons. The molecule has 1 unspecified atom stereocenters. The molecule has 0 aromatic rings. The van der Waals surface area contributed by atoms with E-state index in [0.29, 0.717) is 24.5 Å². The van der Waals surface area contributed by atoms with Crippen molar-refractivity contribution in [3.8, 4) is 0 Å². The highest BCUT2D eigenvalue weighted by Gasteiger charge is 2.05.